The van der Waals surface area contributed by atoms with Crippen molar-refractivity contribution < 1.29 is 13.9 Å². The second-order valence-corrected chi connectivity index (χ2v) is 5.84. The van der Waals surface area contributed by atoms with E-state index in [-0.39, 0.29) is 11.7 Å². The van der Waals surface area contributed by atoms with E-state index in [1.807, 2.05) is 42.5 Å². The van der Waals surface area contributed by atoms with Crippen LogP contribution in [0.5, 0.6) is 5.75 Å². The average Bonchev–Trinajstić information content (AvgIpc) is 2.68. The lowest BCUT2D eigenvalue weighted by atomic mass is 10.0. The number of hydrogen-bond donors (Lipinski definition) is 1. The number of amides is 1. The van der Waals surface area contributed by atoms with E-state index in [0.29, 0.717) is 16.8 Å². The van der Waals surface area contributed by atoms with E-state index in [9.17, 15) is 9.18 Å². The van der Waals surface area contributed by atoms with Crippen molar-refractivity contribution in [2.75, 3.05) is 12.4 Å². The highest BCUT2D eigenvalue weighted by atomic mass is 19.1. The Bertz CT molecular complexity index is 1140. The van der Waals surface area contributed by atoms with Crippen LogP contribution in [0.3, 0.4) is 0 Å². The van der Waals surface area contributed by atoms with Gasteiger partial charge < -0.3 is 10.1 Å². The van der Waals surface area contributed by atoms with E-state index in [1.165, 1.54) is 25.3 Å². The van der Waals surface area contributed by atoms with Gasteiger partial charge in [-0.25, -0.2) is 4.39 Å². The summed E-state index contributed by atoms with van der Waals surface area (Å²) >= 11 is 0. The van der Waals surface area contributed by atoms with Gasteiger partial charge in [-0.05, 0) is 35.0 Å². The Labute approximate surface area is 149 Å². The number of rotatable bonds is 3. The molecular weight excluding hydrogens is 331 g/mol. The number of aromatic nitrogens is 1. The molecule has 1 amide bonds. The smallest absolute Gasteiger partial charge is 0.258 e. The molecule has 3 aromatic carbocycles. The van der Waals surface area contributed by atoms with Crippen LogP contribution in [0.4, 0.5) is 10.1 Å². The Balaban J connectivity index is 1.84. The summed E-state index contributed by atoms with van der Waals surface area (Å²) in [5.41, 5.74) is 1.46. The highest BCUT2D eigenvalue weighted by Gasteiger charge is 2.16. The number of fused-ring (bicyclic) bond motifs is 3. The molecule has 1 heterocycles. The number of halogens is 1. The van der Waals surface area contributed by atoms with Crippen LogP contribution >= 0.6 is 0 Å². The van der Waals surface area contributed by atoms with Crippen LogP contribution in [0.1, 0.15) is 10.4 Å². The molecule has 0 bridgehead atoms. The maximum absolute atomic E-state index is 13.4. The zero-order valence-corrected chi connectivity index (χ0v) is 14.0. The molecule has 128 valence electrons. The molecule has 0 aliphatic heterocycles. The van der Waals surface area contributed by atoms with Crippen LogP contribution in [0, 0.1) is 5.82 Å². The lowest BCUT2D eigenvalue weighted by molar-refractivity contribution is 0.102. The van der Waals surface area contributed by atoms with Gasteiger partial charge in [0.05, 0.1) is 23.9 Å². The average molecular weight is 346 g/mol. The number of methoxy groups -OCH3 is 1. The van der Waals surface area contributed by atoms with Crippen molar-refractivity contribution >= 4 is 33.3 Å². The monoisotopic (exact) mass is 346 g/mol. The summed E-state index contributed by atoms with van der Waals surface area (Å²) < 4.78 is 18.5. The lowest BCUT2D eigenvalue weighted by Gasteiger charge is -2.12. The number of anilines is 1. The van der Waals surface area contributed by atoms with Gasteiger partial charge in [0.2, 0.25) is 0 Å². The van der Waals surface area contributed by atoms with Crippen LogP contribution < -0.4 is 10.1 Å². The topological polar surface area (TPSA) is 51.2 Å². The molecule has 4 rings (SSSR count). The number of carbonyl (C=O) groups is 1. The molecule has 0 saturated heterocycles. The van der Waals surface area contributed by atoms with Gasteiger partial charge >= 0.3 is 0 Å². The first-order valence-electron chi connectivity index (χ1n) is 8.09. The summed E-state index contributed by atoms with van der Waals surface area (Å²) in [5, 5.41) is 5.68. The highest BCUT2D eigenvalue weighted by Crippen LogP contribution is 2.29. The van der Waals surface area contributed by atoms with Gasteiger partial charge in [0.25, 0.3) is 5.91 Å². The number of pyridine rings is 1. The summed E-state index contributed by atoms with van der Waals surface area (Å²) in [7, 11) is 1.43. The summed E-state index contributed by atoms with van der Waals surface area (Å²) in [6.07, 6.45) is 1.66. The van der Waals surface area contributed by atoms with E-state index in [4.69, 9.17) is 4.74 Å². The Morgan fingerprint density at radius 1 is 1.04 bits per heavy atom. The van der Waals surface area contributed by atoms with Crippen LogP contribution in [-0.4, -0.2) is 18.0 Å². The molecule has 0 saturated carbocycles. The minimum Gasteiger partial charge on any atom is -0.494 e. The molecule has 0 unspecified atom stereocenters. The van der Waals surface area contributed by atoms with E-state index in [0.717, 1.165) is 16.2 Å². The molecule has 0 atom stereocenters. The lowest BCUT2D eigenvalue weighted by Crippen LogP contribution is -2.14. The van der Waals surface area contributed by atoms with Gasteiger partial charge in [-0.2, -0.15) is 0 Å². The third-order valence-electron chi connectivity index (χ3n) is 4.27. The minimum atomic E-state index is -0.433. The molecule has 0 fully saturated rings. The quantitative estimate of drug-likeness (QED) is 0.543. The predicted molar refractivity (Wildman–Crippen MR) is 100 cm³/mol. The number of hydrogen-bond acceptors (Lipinski definition) is 3. The molecule has 0 radical (unpaired) electrons. The fourth-order valence-electron chi connectivity index (χ4n) is 3.06. The number of nitrogens with one attached hydrogen (secondary N) is 1. The van der Waals surface area contributed by atoms with Crippen LogP contribution in [0.25, 0.3) is 21.7 Å². The molecule has 1 aromatic heterocycles. The van der Waals surface area contributed by atoms with Gasteiger partial charge in [0.1, 0.15) is 11.6 Å². The van der Waals surface area contributed by atoms with Crippen LogP contribution in [0.2, 0.25) is 0 Å². The van der Waals surface area contributed by atoms with Crippen LogP contribution in [-0.2, 0) is 0 Å². The fraction of sp³-hybridized carbons (Fsp3) is 0.0476. The Morgan fingerprint density at radius 2 is 1.85 bits per heavy atom. The van der Waals surface area contributed by atoms with Gasteiger partial charge in [0, 0.05) is 17.6 Å². The molecule has 26 heavy (non-hydrogen) atoms. The molecule has 0 aliphatic carbocycles. The normalized spacial score (nSPS) is 10.8. The SMILES string of the molecule is COc1cc(F)ccc1NC(=O)c1cc2ccccc2c2cccnc12. The second-order valence-electron chi connectivity index (χ2n) is 5.84. The predicted octanol–water partition coefficient (Wildman–Crippen LogP) is 4.79. The molecule has 1 N–H and O–H groups in total. The zero-order valence-electron chi connectivity index (χ0n) is 14.0. The first kappa shape index (κ1) is 16.0. The summed E-state index contributed by atoms with van der Waals surface area (Å²) in [4.78, 5) is 17.3. The maximum Gasteiger partial charge on any atom is 0.258 e. The van der Waals surface area contributed by atoms with Crippen LogP contribution in [0.15, 0.2) is 66.9 Å². The second kappa shape index (κ2) is 6.44. The van der Waals surface area contributed by atoms with Crippen molar-refractivity contribution in [2.24, 2.45) is 0 Å². The maximum atomic E-state index is 13.4. The first-order valence-corrected chi connectivity index (χ1v) is 8.09. The number of ether oxygens (including phenoxy) is 1. The van der Waals surface area contributed by atoms with Gasteiger partial charge in [-0.1, -0.05) is 30.3 Å². The van der Waals surface area contributed by atoms with Crippen molar-refractivity contribution in [1.29, 1.82) is 0 Å². The van der Waals surface area contributed by atoms with Gasteiger partial charge in [-0.3, -0.25) is 9.78 Å². The standard InChI is InChI=1S/C21H15FN2O2/c1-26-19-12-14(22)8-9-18(19)24-21(25)17-11-13-5-2-3-6-15(13)16-7-4-10-23-20(16)17/h2-12H,1H3,(H,24,25). The fourth-order valence-corrected chi connectivity index (χ4v) is 3.06. The summed E-state index contributed by atoms with van der Waals surface area (Å²) in [6.45, 7) is 0. The van der Waals surface area contributed by atoms with E-state index in [1.54, 1.807) is 6.20 Å². The number of benzene rings is 3. The van der Waals surface area contributed by atoms with E-state index < -0.39 is 5.82 Å². The number of carbonyl (C=O) groups excluding carboxylic acids is 1. The minimum absolute atomic E-state index is 0.261. The molecule has 5 heteroatoms. The van der Waals surface area contributed by atoms with Crippen molar-refractivity contribution in [3.05, 3.63) is 78.2 Å². The highest BCUT2D eigenvalue weighted by molar-refractivity contribution is 6.19. The molecule has 4 nitrogen and oxygen atoms in total. The Kier molecular flexibility index (Phi) is 3.97. The summed E-state index contributed by atoms with van der Waals surface area (Å²) in [5.74, 6) is -0.501. The zero-order chi connectivity index (χ0) is 18.1. The molecule has 0 spiro atoms. The largest absolute Gasteiger partial charge is 0.494 e. The van der Waals surface area contributed by atoms with Gasteiger partial charge in [0.15, 0.2) is 0 Å². The van der Waals surface area contributed by atoms with E-state index in [2.05, 4.69) is 10.3 Å². The molecular formula is C21H15FN2O2. The molecule has 4 aromatic rings. The van der Waals surface area contributed by atoms with Crippen molar-refractivity contribution in [2.45, 2.75) is 0 Å². The first-order chi connectivity index (χ1) is 12.7. The Morgan fingerprint density at radius 3 is 2.69 bits per heavy atom. The third-order valence-corrected chi connectivity index (χ3v) is 4.27. The van der Waals surface area contributed by atoms with Crippen molar-refractivity contribution in [1.82, 2.24) is 4.98 Å². The summed E-state index contributed by atoms with van der Waals surface area (Å²) in [6, 6.07) is 17.4. The third kappa shape index (κ3) is 2.73. The van der Waals surface area contributed by atoms with Gasteiger partial charge in [-0.15, -0.1) is 0 Å². The Hall–Kier alpha value is -3.47. The van der Waals surface area contributed by atoms with E-state index >= 15 is 0 Å². The van der Waals surface area contributed by atoms with Crippen molar-refractivity contribution in [3.8, 4) is 5.75 Å². The number of nitrogens with zero attached hydrogens (tertiary/aromatic N) is 1. The molecule has 0 aliphatic rings. The van der Waals surface area contributed by atoms with Crippen molar-refractivity contribution in [3.63, 3.8) is 0 Å².